The van der Waals surface area contributed by atoms with E-state index in [4.69, 9.17) is 23.7 Å². The number of hydrogen-bond donors (Lipinski definition) is 3. The molecule has 11 heteroatoms. The number of fused-ring (bicyclic) bond motifs is 2. The molecular formula is C38H62N2O9. The van der Waals surface area contributed by atoms with Gasteiger partial charge in [-0.3, -0.25) is 4.79 Å². The van der Waals surface area contributed by atoms with E-state index in [0.29, 0.717) is 19.4 Å². The molecule has 2 bridgehead atoms. The zero-order chi connectivity index (χ0) is 36.4. The Kier molecular flexibility index (Phi) is 12.9. The van der Waals surface area contributed by atoms with Crippen molar-refractivity contribution in [3.63, 3.8) is 0 Å². The van der Waals surface area contributed by atoms with Crippen LogP contribution in [0.4, 0.5) is 4.79 Å². The lowest BCUT2D eigenvalue weighted by molar-refractivity contribution is -0.297. The highest BCUT2D eigenvalue weighted by atomic mass is 16.7. The molecule has 3 saturated heterocycles. The molecule has 0 saturated carbocycles. The first-order chi connectivity index (χ1) is 22.9. The zero-order valence-electron chi connectivity index (χ0n) is 31.4. The molecule has 1 unspecified atom stereocenters. The van der Waals surface area contributed by atoms with Crippen molar-refractivity contribution in [1.29, 1.82) is 0 Å². The molecule has 1 amide bonds. The Labute approximate surface area is 293 Å². The number of amides is 1. The number of hydrogen-bond acceptors (Lipinski definition) is 10. The lowest BCUT2D eigenvalue weighted by Crippen LogP contribution is -2.58. The summed E-state index contributed by atoms with van der Waals surface area (Å²) < 4.78 is 32.1. The maximum atomic E-state index is 13.9. The molecule has 1 aromatic rings. The SMILES string of the molecule is CC[C@@H]1OC(=O)[C@H](C)[C@H](C)[C@H](C)[C@@H](O[C@@H]2O[C@H](C)C[C@H](N(C)C)[C@H]2O)[C@@](C)(O)C[C@@H](C)[C@H]2OC1(C)[C@@H](OC(=O)NCc1ccccc1)[C@@H]2C. The number of likely N-dealkylation sites (N-methyl/N-ethyl adjacent to an activating group) is 1. The van der Waals surface area contributed by atoms with E-state index in [1.165, 1.54) is 0 Å². The smallest absolute Gasteiger partial charge is 0.407 e. The van der Waals surface area contributed by atoms with Crippen LogP contribution in [0.15, 0.2) is 30.3 Å². The number of carbonyl (C=O) groups excluding carboxylic acids is 2. The van der Waals surface area contributed by atoms with E-state index in [2.05, 4.69) is 5.32 Å². The molecule has 278 valence electrons. The van der Waals surface area contributed by atoms with Gasteiger partial charge in [0.15, 0.2) is 6.29 Å². The maximum Gasteiger partial charge on any atom is 0.407 e. The van der Waals surface area contributed by atoms with Crippen LogP contribution in [0, 0.1) is 29.6 Å². The lowest BCUT2D eigenvalue weighted by atomic mass is 9.72. The first kappa shape index (κ1) is 39.5. The molecule has 0 aliphatic carbocycles. The van der Waals surface area contributed by atoms with E-state index >= 15 is 0 Å². The largest absolute Gasteiger partial charge is 0.459 e. The summed E-state index contributed by atoms with van der Waals surface area (Å²) in [5.41, 5.74) is -1.62. The third kappa shape index (κ3) is 8.61. The fraction of sp³-hybridized carbons (Fsp3) is 0.789. The van der Waals surface area contributed by atoms with Crippen LogP contribution in [0.25, 0.3) is 0 Å². The third-order valence-corrected chi connectivity index (χ3v) is 11.7. The average Bonchev–Trinajstić information content (AvgIpc) is 3.30. The summed E-state index contributed by atoms with van der Waals surface area (Å²) >= 11 is 0. The van der Waals surface area contributed by atoms with E-state index in [1.54, 1.807) is 6.92 Å². The number of cyclic esters (lactones) is 1. The standard InChI is InChI=1S/C38H62N2O9/c1-12-29-38(9)33(48-36(43)39-20-27-16-14-13-15-17-27)26(7)31(49-38)21(2)19-37(8,44)32(24(5)23(4)25(6)34(42)46-29)47-35-30(41)28(40(10)11)18-22(3)45-35/h13-17,21-26,28-33,35,41,44H,12,18-20H2,1-11H3,(H,39,43)/t21-,22-,23-,24+,25-,26-,28+,29+,30-,31-,32-,33+,35+,37+,38?/m1/s1. The predicted molar refractivity (Wildman–Crippen MR) is 185 cm³/mol. The quantitative estimate of drug-likeness (QED) is 0.339. The van der Waals surface area contributed by atoms with Gasteiger partial charge in [-0.1, -0.05) is 71.9 Å². The van der Waals surface area contributed by atoms with Gasteiger partial charge in [0.05, 0.1) is 29.8 Å². The fourth-order valence-corrected chi connectivity index (χ4v) is 8.53. The van der Waals surface area contributed by atoms with Gasteiger partial charge in [0.25, 0.3) is 0 Å². The molecule has 49 heavy (non-hydrogen) atoms. The Bertz CT molecular complexity index is 1250. The zero-order valence-corrected chi connectivity index (χ0v) is 31.4. The normalized spacial score (nSPS) is 43.6. The number of esters is 1. The summed E-state index contributed by atoms with van der Waals surface area (Å²) in [6.45, 7) is 17.6. The highest BCUT2D eigenvalue weighted by molar-refractivity contribution is 5.72. The number of aliphatic hydroxyl groups excluding tert-OH is 1. The van der Waals surface area contributed by atoms with Gasteiger partial charge in [-0.05, 0) is 77.4 Å². The molecule has 15 atom stereocenters. The average molecular weight is 691 g/mol. The van der Waals surface area contributed by atoms with E-state index < -0.39 is 66.0 Å². The molecule has 3 N–H and O–H groups in total. The number of carbonyl (C=O) groups is 2. The summed E-state index contributed by atoms with van der Waals surface area (Å²) in [5, 5.41) is 26.6. The van der Waals surface area contributed by atoms with E-state index in [9.17, 15) is 19.8 Å². The molecular weight excluding hydrogens is 628 g/mol. The van der Waals surface area contributed by atoms with Crippen molar-refractivity contribution < 1.29 is 43.5 Å². The van der Waals surface area contributed by atoms with Gasteiger partial charge in [0.2, 0.25) is 0 Å². The monoisotopic (exact) mass is 690 g/mol. The van der Waals surface area contributed by atoms with Crippen molar-refractivity contribution in [2.45, 2.75) is 148 Å². The van der Waals surface area contributed by atoms with Crippen molar-refractivity contribution in [2.24, 2.45) is 29.6 Å². The Morgan fingerprint density at radius 3 is 2.29 bits per heavy atom. The highest BCUT2D eigenvalue weighted by Crippen LogP contribution is 2.47. The van der Waals surface area contributed by atoms with Crippen LogP contribution in [0.1, 0.15) is 87.1 Å². The first-order valence-electron chi connectivity index (χ1n) is 18.2. The van der Waals surface area contributed by atoms with Crippen molar-refractivity contribution in [3.05, 3.63) is 35.9 Å². The fourth-order valence-electron chi connectivity index (χ4n) is 8.53. The first-order valence-corrected chi connectivity index (χ1v) is 18.2. The van der Waals surface area contributed by atoms with Crippen molar-refractivity contribution >= 4 is 12.1 Å². The second kappa shape index (κ2) is 15.9. The van der Waals surface area contributed by atoms with Crippen LogP contribution in [-0.2, 0) is 35.0 Å². The minimum absolute atomic E-state index is 0.167. The van der Waals surface area contributed by atoms with Crippen LogP contribution < -0.4 is 5.32 Å². The van der Waals surface area contributed by atoms with E-state index in [1.807, 2.05) is 105 Å². The van der Waals surface area contributed by atoms with Gasteiger partial charge in [-0.15, -0.1) is 0 Å². The van der Waals surface area contributed by atoms with Crippen LogP contribution in [-0.4, -0.2) is 101 Å². The van der Waals surface area contributed by atoms with Crippen LogP contribution in [0.5, 0.6) is 0 Å². The molecule has 0 radical (unpaired) electrons. The molecule has 3 aliphatic rings. The van der Waals surface area contributed by atoms with Crippen LogP contribution in [0.2, 0.25) is 0 Å². The maximum absolute atomic E-state index is 13.9. The molecule has 4 rings (SSSR count). The van der Waals surface area contributed by atoms with E-state index in [0.717, 1.165) is 5.56 Å². The molecule has 3 aliphatic heterocycles. The predicted octanol–water partition coefficient (Wildman–Crippen LogP) is 4.91. The molecule has 11 nitrogen and oxygen atoms in total. The van der Waals surface area contributed by atoms with E-state index in [-0.39, 0.29) is 42.2 Å². The Hall–Kier alpha value is -2.28. The molecule has 3 heterocycles. The van der Waals surface area contributed by atoms with Crippen molar-refractivity contribution in [1.82, 2.24) is 10.2 Å². The summed E-state index contributed by atoms with van der Waals surface area (Å²) in [5.74, 6) is -2.10. The van der Waals surface area contributed by atoms with Gasteiger partial charge < -0.3 is 44.1 Å². The second-order valence-corrected chi connectivity index (χ2v) is 15.8. The Balaban J connectivity index is 1.67. The minimum atomic E-state index is -1.42. The number of ether oxygens (including phenoxy) is 5. The van der Waals surface area contributed by atoms with Crippen LogP contribution in [0.3, 0.4) is 0 Å². The molecule has 0 aromatic heterocycles. The second-order valence-electron chi connectivity index (χ2n) is 15.8. The summed E-state index contributed by atoms with van der Waals surface area (Å²) in [4.78, 5) is 29.1. The number of nitrogens with zero attached hydrogens (tertiary/aromatic N) is 1. The number of aliphatic hydroxyl groups is 2. The number of rotatable bonds is 7. The lowest BCUT2D eigenvalue weighted by Gasteiger charge is -2.47. The van der Waals surface area contributed by atoms with Crippen LogP contribution >= 0.6 is 0 Å². The van der Waals surface area contributed by atoms with Gasteiger partial charge in [0.1, 0.15) is 23.9 Å². The third-order valence-electron chi connectivity index (χ3n) is 11.7. The molecule has 1 aromatic carbocycles. The molecule has 3 fully saturated rings. The summed E-state index contributed by atoms with van der Waals surface area (Å²) in [6, 6.07) is 9.39. The van der Waals surface area contributed by atoms with Gasteiger partial charge in [-0.25, -0.2) is 4.79 Å². The van der Waals surface area contributed by atoms with Crippen molar-refractivity contribution in [2.75, 3.05) is 14.1 Å². The number of nitrogens with one attached hydrogen (secondary N) is 1. The van der Waals surface area contributed by atoms with Gasteiger partial charge >= 0.3 is 12.1 Å². The number of alkyl carbamates (subject to hydrolysis) is 1. The number of benzene rings is 1. The topological polar surface area (TPSA) is 136 Å². The summed E-state index contributed by atoms with van der Waals surface area (Å²) in [6.07, 6.45) is -3.99. The van der Waals surface area contributed by atoms with Gasteiger partial charge in [0, 0.05) is 18.5 Å². The summed E-state index contributed by atoms with van der Waals surface area (Å²) in [7, 11) is 3.84. The minimum Gasteiger partial charge on any atom is -0.459 e. The highest BCUT2D eigenvalue weighted by Gasteiger charge is 2.60. The van der Waals surface area contributed by atoms with Crippen molar-refractivity contribution in [3.8, 4) is 0 Å². The van der Waals surface area contributed by atoms with Gasteiger partial charge in [-0.2, -0.15) is 0 Å². The Morgan fingerprint density at radius 1 is 1.02 bits per heavy atom. The Morgan fingerprint density at radius 2 is 1.67 bits per heavy atom. The molecule has 0 spiro atoms.